The Kier molecular flexibility index (Phi) is 13.2. The number of aliphatic imine (C=N–C) groups is 1. The molecule has 2 rings (SSSR count). The fourth-order valence-electron chi connectivity index (χ4n) is 2.69. The first-order chi connectivity index (χ1) is 13.7. The molecular formula is C20H32FIN6O. The van der Waals surface area contributed by atoms with Gasteiger partial charge < -0.3 is 19.9 Å². The topological polar surface area (TPSA) is 76.4 Å². The standard InChI is InChI=1S/C20H31FN6O.HI/c1-3-19-26-25-16-27(19)14-13-24-20(22-11-5-15-28-4-2)23-12-10-17-6-8-18(21)9-7-17;/h6-9,16H,3-5,10-15H2,1-2H3,(H2,22,23,24);1H. The van der Waals surface area contributed by atoms with Crippen LogP contribution in [0.15, 0.2) is 35.6 Å². The monoisotopic (exact) mass is 518 g/mol. The number of ether oxygens (including phenoxy) is 1. The van der Waals surface area contributed by atoms with Gasteiger partial charge in [0.25, 0.3) is 0 Å². The van der Waals surface area contributed by atoms with Crippen LogP contribution in [0.2, 0.25) is 0 Å². The predicted molar refractivity (Wildman–Crippen MR) is 124 cm³/mol. The summed E-state index contributed by atoms with van der Waals surface area (Å²) in [5.74, 6) is 1.53. The van der Waals surface area contributed by atoms with Crippen LogP contribution < -0.4 is 10.6 Å². The molecule has 0 saturated heterocycles. The number of hydrogen-bond acceptors (Lipinski definition) is 4. The quantitative estimate of drug-likeness (QED) is 0.196. The zero-order valence-corrected chi connectivity index (χ0v) is 19.6. The van der Waals surface area contributed by atoms with Gasteiger partial charge >= 0.3 is 0 Å². The summed E-state index contributed by atoms with van der Waals surface area (Å²) < 4.78 is 20.4. The van der Waals surface area contributed by atoms with Crippen molar-refractivity contribution in [3.8, 4) is 0 Å². The van der Waals surface area contributed by atoms with Gasteiger partial charge in [0.15, 0.2) is 5.96 Å². The summed E-state index contributed by atoms with van der Waals surface area (Å²) >= 11 is 0. The van der Waals surface area contributed by atoms with E-state index in [-0.39, 0.29) is 29.8 Å². The largest absolute Gasteiger partial charge is 0.382 e. The van der Waals surface area contributed by atoms with Gasteiger partial charge in [0.1, 0.15) is 18.0 Å². The smallest absolute Gasteiger partial charge is 0.191 e. The summed E-state index contributed by atoms with van der Waals surface area (Å²) in [6, 6.07) is 6.59. The highest BCUT2D eigenvalue weighted by atomic mass is 127. The van der Waals surface area contributed by atoms with Crippen LogP contribution in [0.25, 0.3) is 0 Å². The summed E-state index contributed by atoms with van der Waals surface area (Å²) in [5.41, 5.74) is 1.08. The minimum atomic E-state index is -0.213. The van der Waals surface area contributed by atoms with Crippen LogP contribution in [0.5, 0.6) is 0 Å². The molecule has 0 bridgehead atoms. The molecule has 1 aromatic heterocycles. The second-order valence-corrected chi connectivity index (χ2v) is 6.30. The molecule has 0 aliphatic carbocycles. The van der Waals surface area contributed by atoms with E-state index in [0.29, 0.717) is 13.2 Å². The van der Waals surface area contributed by atoms with Crippen molar-refractivity contribution < 1.29 is 9.13 Å². The zero-order valence-electron chi connectivity index (χ0n) is 17.2. The average Bonchev–Trinajstić information content (AvgIpc) is 3.16. The summed E-state index contributed by atoms with van der Waals surface area (Å²) in [6.45, 7) is 8.40. The molecule has 0 fully saturated rings. The zero-order chi connectivity index (χ0) is 20.0. The molecular weight excluding hydrogens is 486 g/mol. The fourth-order valence-corrected chi connectivity index (χ4v) is 2.69. The van der Waals surface area contributed by atoms with Crippen LogP contribution >= 0.6 is 24.0 Å². The number of aryl methyl sites for hydroxylation is 1. The molecule has 0 spiro atoms. The van der Waals surface area contributed by atoms with Gasteiger partial charge in [-0.1, -0.05) is 19.1 Å². The maximum Gasteiger partial charge on any atom is 0.191 e. The Morgan fingerprint density at radius 1 is 1.17 bits per heavy atom. The first kappa shape index (κ1) is 25.3. The maximum atomic E-state index is 13.0. The lowest BCUT2D eigenvalue weighted by molar-refractivity contribution is 0.146. The van der Waals surface area contributed by atoms with E-state index in [2.05, 4.69) is 32.7 Å². The molecule has 7 nitrogen and oxygen atoms in total. The van der Waals surface area contributed by atoms with Crippen molar-refractivity contribution in [3.05, 3.63) is 47.8 Å². The molecule has 2 N–H and O–H groups in total. The van der Waals surface area contributed by atoms with Crippen LogP contribution in [0.3, 0.4) is 0 Å². The van der Waals surface area contributed by atoms with Crippen molar-refractivity contribution in [2.24, 2.45) is 4.99 Å². The predicted octanol–water partition coefficient (Wildman–Crippen LogP) is 2.80. The molecule has 1 aromatic carbocycles. The molecule has 0 unspecified atom stereocenters. The lowest BCUT2D eigenvalue weighted by atomic mass is 10.1. The molecule has 29 heavy (non-hydrogen) atoms. The molecule has 0 aliphatic rings. The minimum absolute atomic E-state index is 0. The van der Waals surface area contributed by atoms with Crippen molar-refractivity contribution in [3.63, 3.8) is 0 Å². The molecule has 9 heteroatoms. The van der Waals surface area contributed by atoms with Crippen molar-refractivity contribution >= 4 is 29.9 Å². The van der Waals surface area contributed by atoms with Gasteiger partial charge in [-0.3, -0.25) is 4.99 Å². The molecule has 0 radical (unpaired) electrons. The highest BCUT2D eigenvalue weighted by Crippen LogP contribution is 2.02. The van der Waals surface area contributed by atoms with E-state index in [4.69, 9.17) is 4.74 Å². The van der Waals surface area contributed by atoms with E-state index >= 15 is 0 Å². The van der Waals surface area contributed by atoms with E-state index < -0.39 is 0 Å². The van der Waals surface area contributed by atoms with Crippen LogP contribution in [-0.2, 0) is 24.1 Å². The third-order valence-corrected chi connectivity index (χ3v) is 4.20. The second-order valence-electron chi connectivity index (χ2n) is 6.30. The number of rotatable bonds is 12. The van der Waals surface area contributed by atoms with Gasteiger partial charge in [-0.25, -0.2) is 4.39 Å². The van der Waals surface area contributed by atoms with Gasteiger partial charge in [-0.05, 0) is 37.5 Å². The SMILES string of the molecule is CCOCCCN=C(NCCc1ccc(F)cc1)NCCn1cnnc1CC.I. The average molecular weight is 518 g/mol. The number of aromatic nitrogens is 3. The number of benzene rings is 1. The van der Waals surface area contributed by atoms with Crippen molar-refractivity contribution in [2.45, 2.75) is 39.7 Å². The van der Waals surface area contributed by atoms with Crippen LogP contribution in [0.4, 0.5) is 4.39 Å². The molecule has 2 aromatic rings. The number of halogens is 2. The van der Waals surface area contributed by atoms with E-state index in [1.807, 2.05) is 23.6 Å². The van der Waals surface area contributed by atoms with Gasteiger partial charge in [0, 0.05) is 45.8 Å². The van der Waals surface area contributed by atoms with E-state index in [1.54, 1.807) is 6.33 Å². The van der Waals surface area contributed by atoms with Crippen LogP contribution in [-0.4, -0.2) is 53.6 Å². The van der Waals surface area contributed by atoms with Crippen molar-refractivity contribution in [2.75, 3.05) is 32.8 Å². The summed E-state index contributed by atoms with van der Waals surface area (Å²) in [4.78, 5) is 4.62. The lowest BCUT2D eigenvalue weighted by Gasteiger charge is -2.13. The van der Waals surface area contributed by atoms with E-state index in [9.17, 15) is 4.39 Å². The normalized spacial score (nSPS) is 11.2. The molecule has 0 atom stereocenters. The van der Waals surface area contributed by atoms with Gasteiger partial charge in [0.2, 0.25) is 0 Å². The van der Waals surface area contributed by atoms with E-state index in [1.165, 1.54) is 12.1 Å². The van der Waals surface area contributed by atoms with E-state index in [0.717, 1.165) is 62.9 Å². The lowest BCUT2D eigenvalue weighted by Crippen LogP contribution is -2.40. The van der Waals surface area contributed by atoms with Gasteiger partial charge in [-0.2, -0.15) is 0 Å². The number of nitrogens with one attached hydrogen (secondary N) is 2. The molecule has 0 aliphatic heterocycles. The number of nitrogens with zero attached hydrogens (tertiary/aromatic N) is 4. The van der Waals surface area contributed by atoms with Gasteiger partial charge in [-0.15, -0.1) is 34.2 Å². The van der Waals surface area contributed by atoms with Crippen LogP contribution in [0, 0.1) is 5.82 Å². The Morgan fingerprint density at radius 2 is 1.93 bits per heavy atom. The Balaban J connectivity index is 0.00000420. The summed E-state index contributed by atoms with van der Waals surface area (Å²) in [6.07, 6.45) is 4.28. The molecule has 162 valence electrons. The molecule has 0 amide bonds. The molecule has 0 saturated carbocycles. The highest BCUT2D eigenvalue weighted by Gasteiger charge is 2.03. The Bertz CT molecular complexity index is 707. The Hall–Kier alpha value is -1.75. The third-order valence-electron chi connectivity index (χ3n) is 4.20. The molecule has 1 heterocycles. The Morgan fingerprint density at radius 3 is 2.66 bits per heavy atom. The third kappa shape index (κ3) is 10.0. The number of guanidine groups is 1. The Labute approximate surface area is 189 Å². The second kappa shape index (κ2) is 15.1. The van der Waals surface area contributed by atoms with Crippen molar-refractivity contribution in [1.29, 1.82) is 0 Å². The first-order valence-electron chi connectivity index (χ1n) is 9.94. The van der Waals surface area contributed by atoms with Gasteiger partial charge in [0.05, 0.1) is 0 Å². The number of hydrogen-bond donors (Lipinski definition) is 2. The summed E-state index contributed by atoms with van der Waals surface area (Å²) in [5, 5.41) is 14.8. The van der Waals surface area contributed by atoms with Crippen molar-refractivity contribution in [1.82, 2.24) is 25.4 Å². The highest BCUT2D eigenvalue weighted by molar-refractivity contribution is 14.0. The van der Waals surface area contributed by atoms with Crippen LogP contribution in [0.1, 0.15) is 31.7 Å². The minimum Gasteiger partial charge on any atom is -0.382 e. The maximum absolute atomic E-state index is 13.0. The fraction of sp³-hybridized carbons (Fsp3) is 0.550. The summed E-state index contributed by atoms with van der Waals surface area (Å²) in [7, 11) is 0. The first-order valence-corrected chi connectivity index (χ1v) is 9.94.